The smallest absolute Gasteiger partial charge is 0.322 e. The third kappa shape index (κ3) is 6.19. The second-order valence-corrected chi connectivity index (χ2v) is 9.39. The Balaban J connectivity index is 1.44. The molecular weight excluding hydrogens is 464 g/mol. The molecule has 4 rings (SSSR count). The highest BCUT2D eigenvalue weighted by molar-refractivity contribution is 6.30. The summed E-state index contributed by atoms with van der Waals surface area (Å²) in [5, 5.41) is 16.4. The first-order valence-corrected chi connectivity index (χ1v) is 11.8. The fraction of sp³-hybridized carbons (Fsp3) is 0.259. The Morgan fingerprint density at radius 3 is 2.29 bits per heavy atom. The SMILES string of the molecule is CN(C)Cc1ccccc1-c1ccc(NC(=O)[C@@H]2C[C@@H](O)CN2C(=O)Nc2ccc(Cl)cc2)cc1. The zero-order valence-electron chi connectivity index (χ0n) is 19.7. The molecule has 1 aliphatic heterocycles. The number of nitrogens with one attached hydrogen (secondary N) is 2. The Morgan fingerprint density at radius 2 is 1.60 bits per heavy atom. The van der Waals surface area contributed by atoms with Crippen LogP contribution in [0.4, 0.5) is 16.2 Å². The van der Waals surface area contributed by atoms with Crippen molar-refractivity contribution in [2.45, 2.75) is 25.1 Å². The van der Waals surface area contributed by atoms with E-state index in [0.717, 1.165) is 17.7 Å². The van der Waals surface area contributed by atoms with Gasteiger partial charge in [-0.25, -0.2) is 4.79 Å². The van der Waals surface area contributed by atoms with Crippen LogP contribution in [0.5, 0.6) is 0 Å². The summed E-state index contributed by atoms with van der Waals surface area (Å²) in [7, 11) is 4.07. The minimum absolute atomic E-state index is 0.0824. The highest BCUT2D eigenvalue weighted by Gasteiger charge is 2.39. The Labute approximate surface area is 210 Å². The van der Waals surface area contributed by atoms with Crippen molar-refractivity contribution in [1.82, 2.24) is 9.80 Å². The van der Waals surface area contributed by atoms with Crippen molar-refractivity contribution in [2.75, 3.05) is 31.3 Å². The molecule has 0 radical (unpaired) electrons. The Bertz CT molecular complexity index is 1180. The van der Waals surface area contributed by atoms with Gasteiger partial charge in [-0.2, -0.15) is 0 Å². The highest BCUT2D eigenvalue weighted by Crippen LogP contribution is 2.27. The Morgan fingerprint density at radius 1 is 0.971 bits per heavy atom. The van der Waals surface area contributed by atoms with Crippen LogP contribution in [0.3, 0.4) is 0 Å². The molecule has 182 valence electrons. The van der Waals surface area contributed by atoms with Gasteiger partial charge in [-0.05, 0) is 67.2 Å². The summed E-state index contributed by atoms with van der Waals surface area (Å²) < 4.78 is 0. The van der Waals surface area contributed by atoms with Gasteiger partial charge >= 0.3 is 6.03 Å². The van der Waals surface area contributed by atoms with Crippen molar-refractivity contribution in [3.63, 3.8) is 0 Å². The number of likely N-dealkylation sites (tertiary alicyclic amines) is 1. The number of rotatable bonds is 6. The van der Waals surface area contributed by atoms with Crippen LogP contribution >= 0.6 is 11.6 Å². The van der Waals surface area contributed by atoms with E-state index < -0.39 is 18.2 Å². The lowest BCUT2D eigenvalue weighted by molar-refractivity contribution is -0.119. The molecule has 3 N–H and O–H groups in total. The lowest BCUT2D eigenvalue weighted by Gasteiger charge is -2.24. The van der Waals surface area contributed by atoms with E-state index >= 15 is 0 Å². The molecule has 1 fully saturated rings. The molecule has 1 heterocycles. The lowest BCUT2D eigenvalue weighted by atomic mass is 9.99. The van der Waals surface area contributed by atoms with E-state index in [9.17, 15) is 14.7 Å². The molecule has 3 aromatic rings. The average Bonchev–Trinajstić information content (AvgIpc) is 3.23. The number of carbonyl (C=O) groups excluding carboxylic acids is 2. The van der Waals surface area contributed by atoms with Gasteiger partial charge in [0.15, 0.2) is 0 Å². The number of hydrogen-bond donors (Lipinski definition) is 3. The number of urea groups is 1. The van der Waals surface area contributed by atoms with Crippen LogP contribution in [0.1, 0.15) is 12.0 Å². The molecule has 0 aromatic heterocycles. The molecule has 35 heavy (non-hydrogen) atoms. The van der Waals surface area contributed by atoms with Gasteiger partial charge < -0.3 is 25.5 Å². The normalized spacial score (nSPS) is 17.5. The van der Waals surface area contributed by atoms with Crippen LogP contribution in [-0.2, 0) is 11.3 Å². The first kappa shape index (κ1) is 24.7. The zero-order chi connectivity index (χ0) is 24.9. The number of benzene rings is 3. The van der Waals surface area contributed by atoms with Crippen LogP contribution in [0.25, 0.3) is 11.1 Å². The number of halogens is 1. The molecule has 0 unspecified atom stereocenters. The summed E-state index contributed by atoms with van der Waals surface area (Å²) in [5.74, 6) is -0.339. The number of β-amino-alcohol motifs (C(OH)–C–C–N with tert-alkyl or cyclic N) is 1. The third-order valence-corrected chi connectivity index (χ3v) is 6.16. The van der Waals surface area contributed by atoms with Gasteiger partial charge in [0, 0.05) is 35.9 Å². The molecule has 0 saturated carbocycles. The minimum Gasteiger partial charge on any atom is -0.391 e. The molecule has 0 bridgehead atoms. The minimum atomic E-state index is -0.780. The van der Waals surface area contributed by atoms with Gasteiger partial charge in [0.2, 0.25) is 5.91 Å². The number of amides is 3. The molecular formula is C27H29ClN4O3. The van der Waals surface area contributed by atoms with Gasteiger partial charge in [0.1, 0.15) is 6.04 Å². The second kappa shape index (κ2) is 10.9. The molecule has 0 spiro atoms. The number of hydrogen-bond acceptors (Lipinski definition) is 4. The van der Waals surface area contributed by atoms with Gasteiger partial charge in [-0.15, -0.1) is 0 Å². The number of aliphatic hydroxyl groups is 1. The monoisotopic (exact) mass is 492 g/mol. The fourth-order valence-corrected chi connectivity index (χ4v) is 4.38. The van der Waals surface area contributed by atoms with Crippen LogP contribution in [0.2, 0.25) is 5.02 Å². The largest absolute Gasteiger partial charge is 0.391 e. The van der Waals surface area contributed by atoms with Gasteiger partial charge in [-0.3, -0.25) is 4.79 Å². The molecule has 3 amide bonds. The van der Waals surface area contributed by atoms with Gasteiger partial charge in [0.05, 0.1) is 6.10 Å². The number of carbonyl (C=O) groups is 2. The Kier molecular flexibility index (Phi) is 7.70. The fourth-order valence-electron chi connectivity index (χ4n) is 4.25. The first-order valence-electron chi connectivity index (χ1n) is 11.5. The molecule has 1 aliphatic rings. The average molecular weight is 493 g/mol. The van der Waals surface area contributed by atoms with E-state index in [-0.39, 0.29) is 18.9 Å². The maximum absolute atomic E-state index is 13.0. The molecule has 8 heteroatoms. The van der Waals surface area contributed by atoms with Gasteiger partial charge in [0.25, 0.3) is 0 Å². The number of aliphatic hydroxyl groups excluding tert-OH is 1. The van der Waals surface area contributed by atoms with Crippen molar-refractivity contribution in [2.24, 2.45) is 0 Å². The molecule has 0 aliphatic carbocycles. The van der Waals surface area contributed by atoms with Crippen LogP contribution in [-0.4, -0.2) is 59.6 Å². The van der Waals surface area contributed by atoms with Gasteiger partial charge in [-0.1, -0.05) is 48.0 Å². The van der Waals surface area contributed by atoms with Crippen LogP contribution < -0.4 is 10.6 Å². The van der Waals surface area contributed by atoms with E-state index in [0.29, 0.717) is 16.4 Å². The topological polar surface area (TPSA) is 84.9 Å². The summed E-state index contributed by atoms with van der Waals surface area (Å²) in [6.07, 6.45) is -0.590. The highest BCUT2D eigenvalue weighted by atomic mass is 35.5. The number of nitrogens with zero attached hydrogens (tertiary/aromatic N) is 2. The third-order valence-electron chi connectivity index (χ3n) is 5.91. The van der Waals surface area contributed by atoms with E-state index in [1.165, 1.54) is 10.5 Å². The summed E-state index contributed by atoms with van der Waals surface area (Å²) in [6.45, 7) is 0.908. The zero-order valence-corrected chi connectivity index (χ0v) is 20.5. The summed E-state index contributed by atoms with van der Waals surface area (Å²) in [4.78, 5) is 29.3. The maximum Gasteiger partial charge on any atom is 0.322 e. The van der Waals surface area contributed by atoms with E-state index in [4.69, 9.17) is 11.6 Å². The number of anilines is 2. The quantitative estimate of drug-likeness (QED) is 0.466. The van der Waals surface area contributed by atoms with Crippen molar-refractivity contribution in [3.8, 4) is 11.1 Å². The van der Waals surface area contributed by atoms with Crippen molar-refractivity contribution < 1.29 is 14.7 Å². The van der Waals surface area contributed by atoms with Crippen molar-refractivity contribution >= 4 is 34.9 Å². The maximum atomic E-state index is 13.0. The van der Waals surface area contributed by atoms with E-state index in [2.05, 4.69) is 27.7 Å². The summed E-state index contributed by atoms with van der Waals surface area (Å²) >= 11 is 5.90. The molecule has 2 atom stereocenters. The van der Waals surface area contributed by atoms with E-state index in [1.54, 1.807) is 24.3 Å². The predicted octanol–water partition coefficient (Wildman–Crippen LogP) is 4.67. The molecule has 7 nitrogen and oxygen atoms in total. The first-order chi connectivity index (χ1) is 16.8. The van der Waals surface area contributed by atoms with Crippen molar-refractivity contribution in [1.29, 1.82) is 0 Å². The molecule has 3 aromatic carbocycles. The lowest BCUT2D eigenvalue weighted by Crippen LogP contribution is -2.45. The molecule has 1 saturated heterocycles. The Hall–Kier alpha value is -3.39. The van der Waals surface area contributed by atoms with Crippen LogP contribution in [0, 0.1) is 0 Å². The second-order valence-electron chi connectivity index (χ2n) is 8.96. The van der Waals surface area contributed by atoms with Crippen molar-refractivity contribution in [3.05, 3.63) is 83.4 Å². The predicted molar refractivity (Wildman–Crippen MR) is 139 cm³/mol. The van der Waals surface area contributed by atoms with E-state index in [1.807, 2.05) is 50.5 Å². The summed E-state index contributed by atoms with van der Waals surface area (Å²) in [5.41, 5.74) is 4.61. The standard InChI is InChI=1S/C27H29ClN4O3/c1-31(2)16-19-5-3-4-6-24(19)18-7-11-21(12-8-18)29-26(34)25-15-23(33)17-32(25)27(35)30-22-13-9-20(28)10-14-22/h3-14,23,25,33H,15-17H2,1-2H3,(H,29,34)(H,30,35)/t23-,25+/m1/s1. The van der Waals surface area contributed by atoms with Crippen LogP contribution in [0.15, 0.2) is 72.8 Å². The summed E-state index contributed by atoms with van der Waals surface area (Å²) in [6, 6.07) is 21.4.